The first-order valence-electron chi connectivity index (χ1n) is 9.20. The molecule has 0 heterocycles. The van der Waals surface area contributed by atoms with Crippen molar-refractivity contribution >= 4 is 29.4 Å². The lowest BCUT2D eigenvalue weighted by molar-refractivity contribution is 0.0954. The van der Waals surface area contributed by atoms with Gasteiger partial charge in [-0.05, 0) is 66.2 Å². The van der Waals surface area contributed by atoms with Crippen molar-refractivity contribution in [2.75, 3.05) is 24.3 Å². The SMILES string of the molecule is CN(C)c1ccc(/C=N\NC(=O)c2ccc(NC(=O)c3ccc(F)cc3)cc2)cc1. The van der Waals surface area contributed by atoms with E-state index in [1.807, 2.05) is 43.3 Å². The molecule has 3 rings (SSSR count). The van der Waals surface area contributed by atoms with Gasteiger partial charge in [0, 0.05) is 36.6 Å². The Hall–Kier alpha value is -4.00. The maximum absolute atomic E-state index is 12.9. The highest BCUT2D eigenvalue weighted by Crippen LogP contribution is 2.13. The zero-order chi connectivity index (χ0) is 21.5. The first kappa shape index (κ1) is 20.7. The van der Waals surface area contributed by atoms with E-state index < -0.39 is 5.82 Å². The van der Waals surface area contributed by atoms with Gasteiger partial charge in [0.25, 0.3) is 11.8 Å². The topological polar surface area (TPSA) is 73.8 Å². The average Bonchev–Trinajstić information content (AvgIpc) is 2.75. The molecule has 2 amide bonds. The molecular weight excluding hydrogens is 383 g/mol. The van der Waals surface area contributed by atoms with Gasteiger partial charge in [0.2, 0.25) is 0 Å². The van der Waals surface area contributed by atoms with Crippen LogP contribution in [0.3, 0.4) is 0 Å². The van der Waals surface area contributed by atoms with Gasteiger partial charge in [0.1, 0.15) is 5.82 Å². The summed E-state index contributed by atoms with van der Waals surface area (Å²) in [7, 11) is 3.92. The minimum absolute atomic E-state index is 0.339. The Kier molecular flexibility index (Phi) is 6.54. The van der Waals surface area contributed by atoms with E-state index in [1.54, 1.807) is 30.5 Å². The molecule has 0 spiro atoms. The lowest BCUT2D eigenvalue weighted by Crippen LogP contribution is -2.18. The second-order valence-electron chi connectivity index (χ2n) is 6.72. The summed E-state index contributed by atoms with van der Waals surface area (Å²) in [4.78, 5) is 26.3. The highest BCUT2D eigenvalue weighted by Gasteiger charge is 2.08. The zero-order valence-electron chi connectivity index (χ0n) is 16.6. The van der Waals surface area contributed by atoms with Gasteiger partial charge in [-0.1, -0.05) is 12.1 Å². The number of halogens is 1. The summed E-state index contributed by atoms with van der Waals surface area (Å²) < 4.78 is 12.9. The number of hydrazone groups is 1. The molecule has 7 heteroatoms. The molecule has 3 aromatic rings. The molecule has 0 aliphatic rings. The standard InChI is InChI=1S/C23H21FN4O2/c1-28(2)21-13-3-16(4-14-21)15-25-27-23(30)18-7-11-20(12-8-18)26-22(29)17-5-9-19(24)10-6-17/h3-15H,1-2H3,(H,26,29)(H,27,30)/b25-15-. The number of anilines is 2. The number of carbonyl (C=O) groups is 2. The van der Waals surface area contributed by atoms with E-state index in [0.29, 0.717) is 16.8 Å². The number of amides is 2. The first-order valence-corrected chi connectivity index (χ1v) is 9.20. The maximum atomic E-state index is 12.9. The predicted octanol–water partition coefficient (Wildman–Crippen LogP) is 3.91. The van der Waals surface area contributed by atoms with Gasteiger partial charge in [-0.25, -0.2) is 9.82 Å². The Bertz CT molecular complexity index is 1040. The van der Waals surface area contributed by atoms with Crippen LogP contribution >= 0.6 is 0 Å². The van der Waals surface area contributed by atoms with Crippen LogP contribution in [0.2, 0.25) is 0 Å². The fraction of sp³-hybridized carbons (Fsp3) is 0.0870. The summed E-state index contributed by atoms with van der Waals surface area (Å²) >= 11 is 0. The van der Waals surface area contributed by atoms with Crippen molar-refractivity contribution < 1.29 is 14.0 Å². The monoisotopic (exact) mass is 404 g/mol. The number of hydrogen-bond donors (Lipinski definition) is 2. The van der Waals surface area contributed by atoms with Crippen molar-refractivity contribution in [2.45, 2.75) is 0 Å². The van der Waals surface area contributed by atoms with Crippen molar-refractivity contribution in [2.24, 2.45) is 5.10 Å². The molecule has 6 nitrogen and oxygen atoms in total. The highest BCUT2D eigenvalue weighted by atomic mass is 19.1. The molecule has 0 saturated heterocycles. The summed E-state index contributed by atoms with van der Waals surface area (Å²) in [5.74, 6) is -1.14. The van der Waals surface area contributed by atoms with Crippen LogP contribution < -0.4 is 15.6 Å². The van der Waals surface area contributed by atoms with Crippen molar-refractivity contribution in [1.82, 2.24) is 5.43 Å². The van der Waals surface area contributed by atoms with Crippen LogP contribution in [-0.2, 0) is 0 Å². The van der Waals surface area contributed by atoms with Crippen LogP contribution in [0.5, 0.6) is 0 Å². The van der Waals surface area contributed by atoms with E-state index in [1.165, 1.54) is 24.3 Å². The van der Waals surface area contributed by atoms with Crippen LogP contribution in [0.25, 0.3) is 0 Å². The van der Waals surface area contributed by atoms with Crippen LogP contribution in [-0.4, -0.2) is 32.1 Å². The summed E-state index contributed by atoms with van der Waals surface area (Å²) in [5, 5.41) is 6.67. The van der Waals surface area contributed by atoms with Gasteiger partial charge in [0.05, 0.1) is 6.21 Å². The molecule has 0 unspecified atom stereocenters. The largest absolute Gasteiger partial charge is 0.378 e. The Morgan fingerprint density at radius 1 is 0.833 bits per heavy atom. The Morgan fingerprint density at radius 3 is 2.00 bits per heavy atom. The lowest BCUT2D eigenvalue weighted by Gasteiger charge is -2.11. The third kappa shape index (κ3) is 5.51. The molecule has 0 aromatic heterocycles. The molecule has 30 heavy (non-hydrogen) atoms. The third-order valence-electron chi connectivity index (χ3n) is 4.30. The van der Waals surface area contributed by atoms with Gasteiger partial charge >= 0.3 is 0 Å². The van der Waals surface area contributed by atoms with E-state index in [9.17, 15) is 14.0 Å². The minimum Gasteiger partial charge on any atom is -0.378 e. The first-order chi connectivity index (χ1) is 14.4. The van der Waals surface area contributed by atoms with Gasteiger partial charge in [-0.2, -0.15) is 5.10 Å². The van der Waals surface area contributed by atoms with Crippen molar-refractivity contribution in [3.05, 3.63) is 95.3 Å². The molecule has 0 radical (unpaired) electrons. The van der Waals surface area contributed by atoms with Gasteiger partial charge in [0.15, 0.2) is 0 Å². The number of rotatable bonds is 6. The van der Waals surface area contributed by atoms with Gasteiger partial charge in [-0.3, -0.25) is 9.59 Å². The van der Waals surface area contributed by atoms with E-state index in [4.69, 9.17) is 0 Å². The van der Waals surface area contributed by atoms with Crippen LogP contribution in [0.4, 0.5) is 15.8 Å². The van der Waals surface area contributed by atoms with E-state index in [0.717, 1.165) is 11.3 Å². The smallest absolute Gasteiger partial charge is 0.271 e. The Balaban J connectivity index is 1.55. The van der Waals surface area contributed by atoms with Crippen LogP contribution in [0, 0.1) is 5.82 Å². The summed E-state index contributed by atoms with van der Waals surface area (Å²) in [6.45, 7) is 0. The van der Waals surface area contributed by atoms with E-state index in [-0.39, 0.29) is 11.8 Å². The number of hydrogen-bond acceptors (Lipinski definition) is 4. The molecular formula is C23H21FN4O2. The van der Waals surface area contributed by atoms with Gasteiger partial charge < -0.3 is 10.2 Å². The quantitative estimate of drug-likeness (QED) is 0.483. The molecule has 0 aliphatic heterocycles. The number of carbonyl (C=O) groups excluding carboxylic acids is 2. The molecule has 0 aliphatic carbocycles. The molecule has 3 aromatic carbocycles. The summed E-state index contributed by atoms with van der Waals surface area (Å²) in [6.07, 6.45) is 1.56. The molecule has 0 fully saturated rings. The zero-order valence-corrected chi connectivity index (χ0v) is 16.6. The second kappa shape index (κ2) is 9.47. The fourth-order valence-electron chi connectivity index (χ4n) is 2.60. The Morgan fingerprint density at radius 2 is 1.40 bits per heavy atom. The summed E-state index contributed by atoms with van der Waals surface area (Å²) in [5.41, 5.74) is 5.66. The second-order valence-corrected chi connectivity index (χ2v) is 6.72. The molecule has 0 saturated carbocycles. The van der Waals surface area contributed by atoms with Crippen LogP contribution in [0.1, 0.15) is 26.3 Å². The third-order valence-corrected chi connectivity index (χ3v) is 4.30. The van der Waals surface area contributed by atoms with Crippen molar-refractivity contribution in [1.29, 1.82) is 0 Å². The molecule has 0 bridgehead atoms. The number of benzene rings is 3. The minimum atomic E-state index is -0.407. The van der Waals surface area contributed by atoms with Crippen molar-refractivity contribution in [3.63, 3.8) is 0 Å². The fourth-order valence-corrected chi connectivity index (χ4v) is 2.60. The lowest BCUT2D eigenvalue weighted by atomic mass is 10.1. The summed E-state index contributed by atoms with van der Waals surface area (Å²) in [6, 6.07) is 19.4. The average molecular weight is 404 g/mol. The predicted molar refractivity (Wildman–Crippen MR) is 117 cm³/mol. The van der Waals surface area contributed by atoms with Crippen LogP contribution in [0.15, 0.2) is 77.9 Å². The molecule has 2 N–H and O–H groups in total. The number of nitrogens with zero attached hydrogens (tertiary/aromatic N) is 2. The van der Waals surface area contributed by atoms with E-state index >= 15 is 0 Å². The Labute approximate surface area is 174 Å². The highest BCUT2D eigenvalue weighted by molar-refractivity contribution is 6.04. The van der Waals surface area contributed by atoms with Crippen molar-refractivity contribution in [3.8, 4) is 0 Å². The normalized spacial score (nSPS) is 10.6. The maximum Gasteiger partial charge on any atom is 0.271 e. The molecule has 0 atom stereocenters. The number of nitrogens with one attached hydrogen (secondary N) is 2. The van der Waals surface area contributed by atoms with E-state index in [2.05, 4.69) is 15.8 Å². The van der Waals surface area contributed by atoms with Gasteiger partial charge in [-0.15, -0.1) is 0 Å². The molecule has 152 valence electrons.